The van der Waals surface area contributed by atoms with Gasteiger partial charge in [-0.05, 0) is 19.1 Å². The van der Waals surface area contributed by atoms with Gasteiger partial charge in [0.2, 0.25) is 11.7 Å². The van der Waals surface area contributed by atoms with E-state index in [1.165, 1.54) is 4.90 Å². The lowest BCUT2D eigenvalue weighted by Gasteiger charge is -2.36. The topological polar surface area (TPSA) is 79.3 Å². The van der Waals surface area contributed by atoms with Crippen molar-refractivity contribution in [3.8, 4) is 0 Å². The largest absolute Gasteiger partial charge is 0.340 e. The Morgan fingerprint density at radius 3 is 2.67 bits per heavy atom. The molecule has 1 saturated heterocycles. The number of carbonyl (C=O) groups excluding carboxylic acids is 2. The van der Waals surface area contributed by atoms with E-state index >= 15 is 0 Å². The highest BCUT2D eigenvalue weighted by Crippen LogP contribution is 2.12. The molecule has 0 saturated carbocycles. The van der Waals surface area contributed by atoms with Crippen molar-refractivity contribution < 1.29 is 9.59 Å². The summed E-state index contributed by atoms with van der Waals surface area (Å²) in [5, 5.41) is 7.87. The second kappa shape index (κ2) is 5.08. The molecule has 1 aromatic heterocycles. The van der Waals surface area contributed by atoms with E-state index in [4.69, 9.17) is 0 Å². The summed E-state index contributed by atoms with van der Waals surface area (Å²) in [6.07, 6.45) is 0. The third kappa shape index (κ3) is 2.42. The Kier molecular flexibility index (Phi) is 3.25. The number of hydrogen-bond acceptors (Lipinski definition) is 5. The lowest BCUT2D eigenvalue weighted by molar-refractivity contribution is -0.136. The van der Waals surface area contributed by atoms with E-state index in [1.807, 2.05) is 19.1 Å². The van der Waals surface area contributed by atoms with Gasteiger partial charge in [-0.15, -0.1) is 10.2 Å². The molecule has 2 aromatic rings. The molecule has 3 rings (SSSR count). The molecule has 0 N–H and O–H groups in total. The van der Waals surface area contributed by atoms with E-state index in [-0.39, 0.29) is 30.2 Å². The van der Waals surface area contributed by atoms with Crippen LogP contribution in [0.1, 0.15) is 17.5 Å². The molecule has 0 radical (unpaired) electrons. The number of fused-ring (bicyclic) bond motifs is 1. The summed E-state index contributed by atoms with van der Waals surface area (Å²) >= 11 is 0. The number of nitrogens with zero attached hydrogens (tertiary/aromatic N) is 5. The number of likely N-dealkylation sites (N-methyl/N-ethyl adjacent to an activating group) is 1. The van der Waals surface area contributed by atoms with Gasteiger partial charge in [0.1, 0.15) is 12.1 Å². The van der Waals surface area contributed by atoms with Crippen LogP contribution >= 0.6 is 0 Å². The Labute approximate surface area is 121 Å². The highest BCUT2D eigenvalue weighted by atomic mass is 16.2. The molecule has 2 heterocycles. The van der Waals surface area contributed by atoms with Crippen molar-refractivity contribution in [2.45, 2.75) is 13.0 Å². The number of amides is 2. The van der Waals surface area contributed by atoms with Crippen molar-refractivity contribution in [2.75, 3.05) is 20.1 Å². The van der Waals surface area contributed by atoms with Crippen LogP contribution in [0.25, 0.3) is 11.0 Å². The summed E-state index contributed by atoms with van der Waals surface area (Å²) in [6.45, 7) is 2.42. The van der Waals surface area contributed by atoms with E-state index in [1.54, 1.807) is 24.1 Å². The van der Waals surface area contributed by atoms with E-state index in [0.29, 0.717) is 17.6 Å². The van der Waals surface area contributed by atoms with Gasteiger partial charge in [-0.3, -0.25) is 9.59 Å². The Hall–Kier alpha value is -2.57. The fraction of sp³-hybridized carbons (Fsp3) is 0.357. The fourth-order valence-electron chi connectivity index (χ4n) is 2.29. The minimum atomic E-state index is -0.360. The van der Waals surface area contributed by atoms with E-state index < -0.39 is 0 Å². The lowest BCUT2D eigenvalue weighted by Crippen LogP contribution is -2.55. The SMILES string of the molecule is CC1CN(C(=O)c2nnc3ccccc3n2)CC(=O)N1C. The Morgan fingerprint density at radius 1 is 1.24 bits per heavy atom. The number of piperazine rings is 1. The van der Waals surface area contributed by atoms with Crippen LogP contribution in [0.2, 0.25) is 0 Å². The van der Waals surface area contributed by atoms with Gasteiger partial charge in [0.05, 0.1) is 5.52 Å². The molecule has 2 amide bonds. The van der Waals surface area contributed by atoms with Gasteiger partial charge in [-0.2, -0.15) is 0 Å². The van der Waals surface area contributed by atoms with Crippen LogP contribution in [-0.4, -0.2) is 63.0 Å². The Morgan fingerprint density at radius 2 is 1.95 bits per heavy atom. The quantitative estimate of drug-likeness (QED) is 0.754. The number of benzene rings is 1. The zero-order valence-corrected chi connectivity index (χ0v) is 11.9. The first-order valence-corrected chi connectivity index (χ1v) is 6.70. The molecule has 1 aliphatic rings. The molecule has 1 atom stereocenters. The van der Waals surface area contributed by atoms with Crippen molar-refractivity contribution in [1.82, 2.24) is 25.0 Å². The maximum Gasteiger partial charge on any atom is 0.294 e. The molecule has 0 bridgehead atoms. The summed E-state index contributed by atoms with van der Waals surface area (Å²) in [6, 6.07) is 7.20. The maximum absolute atomic E-state index is 12.4. The standard InChI is InChI=1S/C14H15N5O2/c1-9-7-19(8-12(20)18(9)2)14(21)13-15-10-5-3-4-6-11(10)16-17-13/h3-6,9H,7-8H2,1-2H3. The van der Waals surface area contributed by atoms with Crippen LogP contribution in [0.5, 0.6) is 0 Å². The van der Waals surface area contributed by atoms with Gasteiger partial charge in [0.15, 0.2) is 0 Å². The second-order valence-electron chi connectivity index (χ2n) is 5.16. The molecular weight excluding hydrogens is 270 g/mol. The second-order valence-corrected chi connectivity index (χ2v) is 5.16. The molecule has 7 nitrogen and oxygen atoms in total. The average Bonchev–Trinajstić information content (AvgIpc) is 2.51. The lowest BCUT2D eigenvalue weighted by atomic mass is 10.2. The minimum Gasteiger partial charge on any atom is -0.340 e. The predicted molar refractivity (Wildman–Crippen MR) is 75.5 cm³/mol. The summed E-state index contributed by atoms with van der Waals surface area (Å²) in [5.41, 5.74) is 1.25. The first kappa shape index (κ1) is 13.4. The summed E-state index contributed by atoms with van der Waals surface area (Å²) in [5.74, 6) is -0.421. The molecule has 21 heavy (non-hydrogen) atoms. The van der Waals surface area contributed by atoms with Crippen LogP contribution in [0.4, 0.5) is 0 Å². The van der Waals surface area contributed by atoms with Crippen molar-refractivity contribution in [3.05, 3.63) is 30.1 Å². The number of para-hydroxylation sites is 1. The number of hydrogen-bond donors (Lipinski definition) is 0. The van der Waals surface area contributed by atoms with Gasteiger partial charge in [0.25, 0.3) is 5.91 Å². The fourth-order valence-corrected chi connectivity index (χ4v) is 2.29. The molecule has 1 unspecified atom stereocenters. The van der Waals surface area contributed by atoms with Crippen molar-refractivity contribution in [3.63, 3.8) is 0 Å². The summed E-state index contributed by atoms with van der Waals surface area (Å²) in [4.78, 5) is 31.6. The van der Waals surface area contributed by atoms with Crippen LogP contribution in [-0.2, 0) is 4.79 Å². The third-order valence-electron chi connectivity index (χ3n) is 3.70. The van der Waals surface area contributed by atoms with Gasteiger partial charge in [0, 0.05) is 19.6 Å². The van der Waals surface area contributed by atoms with Crippen LogP contribution in [0, 0.1) is 0 Å². The van der Waals surface area contributed by atoms with Gasteiger partial charge >= 0.3 is 0 Å². The number of aromatic nitrogens is 3. The van der Waals surface area contributed by atoms with Crippen molar-refractivity contribution in [2.24, 2.45) is 0 Å². The molecule has 0 spiro atoms. The van der Waals surface area contributed by atoms with Gasteiger partial charge in [-0.25, -0.2) is 4.98 Å². The van der Waals surface area contributed by atoms with Crippen LogP contribution < -0.4 is 0 Å². The smallest absolute Gasteiger partial charge is 0.294 e. The first-order chi connectivity index (χ1) is 10.1. The molecule has 1 aromatic carbocycles. The Balaban J connectivity index is 1.88. The molecule has 1 aliphatic heterocycles. The van der Waals surface area contributed by atoms with Crippen LogP contribution in [0.3, 0.4) is 0 Å². The monoisotopic (exact) mass is 285 g/mol. The first-order valence-electron chi connectivity index (χ1n) is 6.70. The van der Waals surface area contributed by atoms with Gasteiger partial charge < -0.3 is 9.80 Å². The minimum absolute atomic E-state index is 0.0244. The zero-order valence-electron chi connectivity index (χ0n) is 11.9. The van der Waals surface area contributed by atoms with Crippen molar-refractivity contribution >= 4 is 22.8 Å². The number of rotatable bonds is 1. The van der Waals surface area contributed by atoms with E-state index in [0.717, 1.165) is 0 Å². The molecule has 0 aliphatic carbocycles. The normalized spacial score (nSPS) is 19.1. The van der Waals surface area contributed by atoms with E-state index in [9.17, 15) is 9.59 Å². The average molecular weight is 285 g/mol. The van der Waals surface area contributed by atoms with Gasteiger partial charge in [-0.1, -0.05) is 12.1 Å². The predicted octanol–water partition coefficient (Wildman–Crippen LogP) is 0.328. The summed E-state index contributed by atoms with van der Waals surface area (Å²) < 4.78 is 0. The Bertz CT molecular complexity index is 717. The molecule has 1 fully saturated rings. The molecule has 7 heteroatoms. The zero-order chi connectivity index (χ0) is 15.0. The maximum atomic E-state index is 12.4. The summed E-state index contributed by atoms with van der Waals surface area (Å²) in [7, 11) is 1.74. The number of carbonyl (C=O) groups is 2. The van der Waals surface area contributed by atoms with E-state index in [2.05, 4.69) is 15.2 Å². The van der Waals surface area contributed by atoms with Crippen molar-refractivity contribution in [1.29, 1.82) is 0 Å². The van der Waals surface area contributed by atoms with Crippen LogP contribution in [0.15, 0.2) is 24.3 Å². The highest BCUT2D eigenvalue weighted by molar-refractivity contribution is 5.95. The molecular formula is C14H15N5O2. The third-order valence-corrected chi connectivity index (χ3v) is 3.70. The molecule has 108 valence electrons. The highest BCUT2D eigenvalue weighted by Gasteiger charge is 2.31.